The van der Waals surface area contributed by atoms with Crippen molar-refractivity contribution in [2.75, 3.05) is 18.4 Å². The molecular weight excluding hydrogens is 261 g/mol. The summed E-state index contributed by atoms with van der Waals surface area (Å²) in [6.45, 7) is 1.16. The number of carbonyl (C=O) groups excluding carboxylic acids is 1. The lowest BCUT2D eigenvalue weighted by atomic mass is 10.3. The van der Waals surface area contributed by atoms with E-state index in [4.69, 9.17) is 0 Å². The molecule has 2 heterocycles. The number of urea groups is 1. The number of para-hydroxylation sites is 1. The van der Waals surface area contributed by atoms with Crippen molar-refractivity contribution in [3.63, 3.8) is 0 Å². The summed E-state index contributed by atoms with van der Waals surface area (Å²) in [4.78, 5) is 13.7. The van der Waals surface area contributed by atoms with Crippen molar-refractivity contribution in [2.24, 2.45) is 0 Å². The lowest BCUT2D eigenvalue weighted by molar-refractivity contribution is 0.220. The van der Waals surface area contributed by atoms with E-state index in [0.29, 0.717) is 13.1 Å². The van der Waals surface area contributed by atoms with Crippen LogP contribution in [0.3, 0.4) is 0 Å². The van der Waals surface area contributed by atoms with Crippen LogP contribution in [-0.4, -0.2) is 39.0 Å². The fourth-order valence-corrected chi connectivity index (χ4v) is 2.31. The maximum Gasteiger partial charge on any atom is 0.321 e. The van der Waals surface area contributed by atoms with Crippen LogP contribution < -0.4 is 5.32 Å². The number of hydrogen-bond donors (Lipinski definition) is 1. The van der Waals surface area contributed by atoms with Gasteiger partial charge in [-0.1, -0.05) is 17.3 Å². The van der Waals surface area contributed by atoms with Crippen LogP contribution in [0, 0.1) is 5.82 Å². The molecular formula is C13H14FN5O. The molecule has 0 saturated carbocycles. The fraction of sp³-hybridized carbons (Fsp3) is 0.308. The molecule has 1 N–H and O–H groups in total. The van der Waals surface area contributed by atoms with Gasteiger partial charge in [-0.15, -0.1) is 5.10 Å². The number of carbonyl (C=O) groups is 1. The third-order valence-electron chi connectivity index (χ3n) is 3.38. The van der Waals surface area contributed by atoms with E-state index in [0.717, 1.165) is 6.42 Å². The predicted molar refractivity (Wildman–Crippen MR) is 70.7 cm³/mol. The molecule has 7 heteroatoms. The largest absolute Gasteiger partial charge is 0.322 e. The number of amides is 2. The van der Waals surface area contributed by atoms with Gasteiger partial charge >= 0.3 is 6.03 Å². The van der Waals surface area contributed by atoms with Crippen molar-refractivity contribution in [1.82, 2.24) is 19.9 Å². The Hall–Kier alpha value is -2.44. The maximum atomic E-state index is 13.5. The molecule has 1 aliphatic rings. The first-order chi connectivity index (χ1) is 9.74. The highest BCUT2D eigenvalue weighted by Gasteiger charge is 2.28. The summed E-state index contributed by atoms with van der Waals surface area (Å²) >= 11 is 0. The molecule has 0 unspecified atom stereocenters. The highest BCUT2D eigenvalue weighted by Crippen LogP contribution is 2.21. The molecule has 2 aromatic rings. The van der Waals surface area contributed by atoms with Gasteiger partial charge < -0.3 is 10.2 Å². The van der Waals surface area contributed by atoms with Crippen LogP contribution in [0.4, 0.5) is 14.9 Å². The average molecular weight is 275 g/mol. The van der Waals surface area contributed by atoms with Crippen LogP contribution >= 0.6 is 0 Å². The first-order valence-corrected chi connectivity index (χ1v) is 6.40. The monoisotopic (exact) mass is 275 g/mol. The van der Waals surface area contributed by atoms with Crippen LogP contribution in [0.15, 0.2) is 36.7 Å². The minimum absolute atomic E-state index is 0.129. The molecule has 0 bridgehead atoms. The molecule has 0 radical (unpaired) electrons. The second kappa shape index (κ2) is 5.28. The van der Waals surface area contributed by atoms with Crippen molar-refractivity contribution < 1.29 is 9.18 Å². The third-order valence-corrected chi connectivity index (χ3v) is 3.38. The first kappa shape index (κ1) is 12.6. The molecule has 1 aromatic heterocycles. The maximum absolute atomic E-state index is 13.5. The van der Waals surface area contributed by atoms with Gasteiger partial charge in [-0.05, 0) is 18.6 Å². The standard InChI is InChI=1S/C13H14FN5O/c14-11-3-1-2-4-12(11)16-13(20)18-7-5-10(9-18)19-8-6-15-17-19/h1-4,6,8,10H,5,7,9H2,(H,16,20)/t10-/m1/s1. The Bertz CT molecular complexity index is 601. The Morgan fingerprint density at radius 1 is 1.40 bits per heavy atom. The van der Waals surface area contributed by atoms with Gasteiger partial charge in [0.1, 0.15) is 5.82 Å². The third kappa shape index (κ3) is 2.47. The van der Waals surface area contributed by atoms with Crippen LogP contribution in [0.5, 0.6) is 0 Å². The Kier molecular flexibility index (Phi) is 3.32. The average Bonchev–Trinajstić information content (AvgIpc) is 3.11. The molecule has 104 valence electrons. The Morgan fingerprint density at radius 2 is 2.25 bits per heavy atom. The molecule has 20 heavy (non-hydrogen) atoms. The van der Waals surface area contributed by atoms with E-state index in [1.54, 1.807) is 34.1 Å². The molecule has 3 rings (SSSR count). The van der Waals surface area contributed by atoms with Crippen molar-refractivity contribution in [3.8, 4) is 0 Å². The normalized spacial score (nSPS) is 18.2. The van der Waals surface area contributed by atoms with E-state index in [9.17, 15) is 9.18 Å². The second-order valence-corrected chi connectivity index (χ2v) is 4.68. The highest BCUT2D eigenvalue weighted by atomic mass is 19.1. The van der Waals surface area contributed by atoms with Gasteiger partial charge in [-0.2, -0.15) is 0 Å². The molecule has 0 aliphatic carbocycles. The lowest BCUT2D eigenvalue weighted by Gasteiger charge is -2.17. The molecule has 1 atom stereocenters. The molecule has 6 nitrogen and oxygen atoms in total. The van der Waals surface area contributed by atoms with Crippen molar-refractivity contribution in [2.45, 2.75) is 12.5 Å². The summed E-state index contributed by atoms with van der Waals surface area (Å²) in [5, 5.41) is 10.3. The summed E-state index contributed by atoms with van der Waals surface area (Å²) in [6.07, 6.45) is 4.21. The van der Waals surface area contributed by atoms with E-state index < -0.39 is 5.82 Å². The molecule has 1 saturated heterocycles. The molecule has 2 amide bonds. The summed E-state index contributed by atoms with van der Waals surface area (Å²) < 4.78 is 15.2. The van der Waals surface area contributed by atoms with Crippen LogP contribution in [0.25, 0.3) is 0 Å². The number of aromatic nitrogens is 3. The van der Waals surface area contributed by atoms with Gasteiger partial charge in [-0.25, -0.2) is 13.9 Å². The highest BCUT2D eigenvalue weighted by molar-refractivity contribution is 5.89. The SMILES string of the molecule is O=C(Nc1ccccc1F)N1CC[C@@H](n2ccnn2)C1. The Labute approximate surface area is 115 Å². The van der Waals surface area contributed by atoms with Crippen LogP contribution in [0.1, 0.15) is 12.5 Å². The summed E-state index contributed by atoms with van der Waals surface area (Å²) in [5.41, 5.74) is 0.196. The van der Waals surface area contributed by atoms with Crippen molar-refractivity contribution in [3.05, 3.63) is 42.5 Å². The second-order valence-electron chi connectivity index (χ2n) is 4.68. The van der Waals surface area contributed by atoms with E-state index in [1.165, 1.54) is 12.1 Å². The summed E-state index contributed by atoms with van der Waals surface area (Å²) in [6, 6.07) is 5.96. The number of benzene rings is 1. The number of halogens is 1. The first-order valence-electron chi connectivity index (χ1n) is 6.40. The molecule has 1 aromatic carbocycles. The Balaban J connectivity index is 1.63. The zero-order valence-corrected chi connectivity index (χ0v) is 10.7. The van der Waals surface area contributed by atoms with Crippen LogP contribution in [-0.2, 0) is 0 Å². The molecule has 1 fully saturated rings. The topological polar surface area (TPSA) is 63.1 Å². The number of nitrogens with zero attached hydrogens (tertiary/aromatic N) is 4. The van der Waals surface area contributed by atoms with Gasteiger partial charge in [0.15, 0.2) is 0 Å². The fourth-order valence-electron chi connectivity index (χ4n) is 2.31. The van der Waals surface area contributed by atoms with E-state index in [-0.39, 0.29) is 17.8 Å². The zero-order chi connectivity index (χ0) is 13.9. The lowest BCUT2D eigenvalue weighted by Crippen LogP contribution is -2.33. The quantitative estimate of drug-likeness (QED) is 0.910. The van der Waals surface area contributed by atoms with Crippen molar-refractivity contribution in [1.29, 1.82) is 0 Å². The zero-order valence-electron chi connectivity index (χ0n) is 10.7. The predicted octanol–water partition coefficient (Wildman–Crippen LogP) is 1.90. The number of anilines is 1. The minimum Gasteiger partial charge on any atom is -0.322 e. The molecule has 1 aliphatic heterocycles. The van der Waals surface area contributed by atoms with Gasteiger partial charge in [0.2, 0.25) is 0 Å². The summed E-state index contributed by atoms with van der Waals surface area (Å²) in [5.74, 6) is -0.437. The van der Waals surface area contributed by atoms with E-state index >= 15 is 0 Å². The van der Waals surface area contributed by atoms with Crippen molar-refractivity contribution >= 4 is 11.7 Å². The van der Waals surface area contributed by atoms with Gasteiger partial charge in [-0.3, -0.25) is 0 Å². The number of hydrogen-bond acceptors (Lipinski definition) is 3. The van der Waals surface area contributed by atoms with Gasteiger partial charge in [0.05, 0.1) is 17.9 Å². The minimum atomic E-state index is -0.437. The number of rotatable bonds is 2. The number of nitrogens with one attached hydrogen (secondary N) is 1. The summed E-state index contributed by atoms with van der Waals surface area (Å²) in [7, 11) is 0. The smallest absolute Gasteiger partial charge is 0.321 e. The van der Waals surface area contributed by atoms with Crippen LogP contribution in [0.2, 0.25) is 0 Å². The number of likely N-dealkylation sites (tertiary alicyclic amines) is 1. The molecule has 0 spiro atoms. The van der Waals surface area contributed by atoms with E-state index in [1.807, 2.05) is 0 Å². The van der Waals surface area contributed by atoms with E-state index in [2.05, 4.69) is 15.6 Å². The van der Waals surface area contributed by atoms with Gasteiger partial charge in [0, 0.05) is 19.3 Å². The van der Waals surface area contributed by atoms with Gasteiger partial charge in [0.25, 0.3) is 0 Å². The Morgan fingerprint density at radius 3 is 3.00 bits per heavy atom.